The zero-order valence-corrected chi connectivity index (χ0v) is 17.8. The fraction of sp³-hybridized carbons (Fsp3) is 0.136. The number of amides is 1. The summed E-state index contributed by atoms with van der Waals surface area (Å²) < 4.78 is 45.5. The van der Waals surface area contributed by atoms with Crippen LogP contribution in [0.3, 0.4) is 0 Å². The quantitative estimate of drug-likeness (QED) is 0.364. The van der Waals surface area contributed by atoms with E-state index in [1.165, 1.54) is 29.2 Å². The number of ether oxygens (including phenoxy) is 3. The Morgan fingerprint density at radius 3 is 2.39 bits per heavy atom. The molecule has 4 N–H and O–H groups in total. The fourth-order valence-electron chi connectivity index (χ4n) is 2.71. The number of pyridine rings is 1. The Hall–Kier alpha value is -4.41. The van der Waals surface area contributed by atoms with Gasteiger partial charge in [0.25, 0.3) is 17.7 Å². The lowest BCUT2D eigenvalue weighted by Gasteiger charge is -2.15. The number of nitrogen functional groups attached to an aromatic ring is 1. The molecular weight excluding hydrogens is 438 g/mol. The number of nitrogens with one attached hydrogen (secondary N) is 1. The van der Waals surface area contributed by atoms with Crippen LogP contribution in [0.5, 0.6) is 34.8 Å². The molecule has 0 atom stereocenters. The summed E-state index contributed by atoms with van der Waals surface area (Å²) in [6.45, 7) is 0. The molecule has 0 bridgehead atoms. The molecule has 3 rings (SSSR count). The van der Waals surface area contributed by atoms with E-state index in [-0.39, 0.29) is 34.4 Å². The fourth-order valence-corrected chi connectivity index (χ4v) is 2.71. The predicted molar refractivity (Wildman–Crippen MR) is 114 cm³/mol. The van der Waals surface area contributed by atoms with E-state index in [0.717, 1.165) is 19.2 Å². The van der Waals surface area contributed by atoms with Crippen LogP contribution in [0.15, 0.2) is 42.5 Å². The average molecular weight is 458 g/mol. The van der Waals surface area contributed by atoms with Crippen molar-refractivity contribution < 1.29 is 32.9 Å². The second-order valence-electron chi connectivity index (χ2n) is 6.91. The second kappa shape index (κ2) is 9.39. The number of carbonyl (C=O) groups is 1. The van der Waals surface area contributed by atoms with Gasteiger partial charge in [-0.2, -0.15) is 13.8 Å². The molecule has 9 nitrogen and oxygen atoms in total. The highest BCUT2D eigenvalue weighted by Crippen LogP contribution is 2.40. The molecule has 0 saturated heterocycles. The van der Waals surface area contributed by atoms with Crippen LogP contribution < -0.4 is 19.9 Å². The molecule has 172 valence electrons. The number of hydrogen-bond acceptors (Lipinski definition) is 7. The third-order valence-electron chi connectivity index (χ3n) is 4.36. The number of carbonyl (C=O) groups excluding carboxylic acids is 1. The highest BCUT2D eigenvalue weighted by molar-refractivity contribution is 5.95. The zero-order chi connectivity index (χ0) is 24.3. The third-order valence-corrected chi connectivity index (χ3v) is 4.36. The van der Waals surface area contributed by atoms with Crippen molar-refractivity contribution in [3.05, 3.63) is 65.2 Å². The molecular formula is C22H20F2N4O5. The number of nitrogens with two attached hydrogens (primary N) is 1. The van der Waals surface area contributed by atoms with Crippen LogP contribution in [0.1, 0.15) is 15.9 Å². The van der Waals surface area contributed by atoms with Crippen LogP contribution in [0.25, 0.3) is 0 Å². The molecule has 1 aromatic heterocycles. The first-order chi connectivity index (χ1) is 15.6. The normalized spacial score (nSPS) is 10.5. The number of aromatic nitrogens is 1. The van der Waals surface area contributed by atoms with E-state index in [1.54, 1.807) is 20.2 Å². The van der Waals surface area contributed by atoms with E-state index in [4.69, 9.17) is 25.4 Å². The molecule has 0 fully saturated rings. The Labute approximate surface area is 187 Å². The Balaban J connectivity index is 2.04. The van der Waals surface area contributed by atoms with E-state index in [2.05, 4.69) is 4.98 Å². The molecule has 0 spiro atoms. The maximum absolute atomic E-state index is 15.2. The van der Waals surface area contributed by atoms with Gasteiger partial charge < -0.3 is 30.0 Å². The summed E-state index contributed by atoms with van der Waals surface area (Å²) in [5, 5.41) is 17.5. The molecule has 0 unspecified atom stereocenters. The van der Waals surface area contributed by atoms with Crippen molar-refractivity contribution >= 4 is 11.7 Å². The summed E-state index contributed by atoms with van der Waals surface area (Å²) in [7, 11) is 4.26. The van der Waals surface area contributed by atoms with E-state index in [1.807, 2.05) is 0 Å². The van der Waals surface area contributed by atoms with E-state index in [0.29, 0.717) is 0 Å². The average Bonchev–Trinajstić information content (AvgIpc) is 2.79. The van der Waals surface area contributed by atoms with E-state index in [9.17, 15) is 14.3 Å². The van der Waals surface area contributed by atoms with Crippen molar-refractivity contribution in [2.75, 3.05) is 21.2 Å². The Morgan fingerprint density at radius 2 is 1.76 bits per heavy atom. The van der Waals surface area contributed by atoms with Gasteiger partial charge in [0.05, 0.1) is 7.11 Å². The van der Waals surface area contributed by atoms with Gasteiger partial charge in [0.2, 0.25) is 17.4 Å². The smallest absolute Gasteiger partial charge is 0.263 e. The largest absolute Gasteiger partial charge is 0.504 e. The van der Waals surface area contributed by atoms with Crippen LogP contribution in [-0.4, -0.2) is 47.9 Å². The number of amidine groups is 1. The lowest BCUT2D eigenvalue weighted by molar-refractivity contribution is 0.0827. The first kappa shape index (κ1) is 23.3. The Morgan fingerprint density at radius 1 is 1.06 bits per heavy atom. The topological polar surface area (TPSA) is 131 Å². The number of rotatable bonds is 7. The Kier molecular flexibility index (Phi) is 6.61. The predicted octanol–water partition coefficient (Wildman–Crippen LogP) is 3.64. The maximum atomic E-state index is 15.2. The standard InChI is InChI=1S/C22H20F2N4O5/c1-28(2)22(30)12-5-4-6-13(9-12)32-21-17(24)18(16(23)20(27-21)31-3)33-15-10-11(19(25)26)7-8-14(15)29/h4-10,29H,1-3H3,(H3,25,26). The van der Waals surface area contributed by atoms with Crippen molar-refractivity contribution in [3.8, 4) is 34.8 Å². The second-order valence-corrected chi connectivity index (χ2v) is 6.91. The minimum absolute atomic E-state index is 0.0511. The van der Waals surface area contributed by atoms with Gasteiger partial charge in [-0.05, 0) is 36.4 Å². The molecule has 0 saturated carbocycles. The highest BCUT2D eigenvalue weighted by Gasteiger charge is 2.26. The molecule has 2 aromatic carbocycles. The van der Waals surface area contributed by atoms with Gasteiger partial charge in [-0.25, -0.2) is 0 Å². The third kappa shape index (κ3) is 4.92. The van der Waals surface area contributed by atoms with Crippen molar-refractivity contribution in [2.24, 2.45) is 5.73 Å². The lowest BCUT2D eigenvalue weighted by Crippen LogP contribution is -2.21. The van der Waals surface area contributed by atoms with Crippen molar-refractivity contribution in [3.63, 3.8) is 0 Å². The minimum Gasteiger partial charge on any atom is -0.504 e. The van der Waals surface area contributed by atoms with Gasteiger partial charge in [0.1, 0.15) is 11.6 Å². The number of phenolic OH excluding ortho intramolecular Hbond substituents is 1. The molecule has 0 aliphatic rings. The molecule has 33 heavy (non-hydrogen) atoms. The first-order valence-electron chi connectivity index (χ1n) is 9.40. The van der Waals surface area contributed by atoms with Gasteiger partial charge in [-0.1, -0.05) is 6.07 Å². The minimum atomic E-state index is -1.33. The molecule has 11 heteroatoms. The number of aromatic hydroxyl groups is 1. The number of phenols is 1. The molecule has 1 amide bonds. The molecule has 1 heterocycles. The molecule has 0 radical (unpaired) electrons. The van der Waals surface area contributed by atoms with Crippen molar-refractivity contribution in [1.82, 2.24) is 9.88 Å². The monoisotopic (exact) mass is 458 g/mol. The van der Waals surface area contributed by atoms with Gasteiger partial charge in [0, 0.05) is 25.2 Å². The lowest BCUT2D eigenvalue weighted by atomic mass is 10.2. The molecule has 3 aromatic rings. The van der Waals surface area contributed by atoms with Gasteiger partial charge in [-0.3, -0.25) is 10.2 Å². The van der Waals surface area contributed by atoms with E-state index < -0.39 is 34.9 Å². The van der Waals surface area contributed by atoms with Gasteiger partial charge >= 0.3 is 0 Å². The number of nitrogens with zero attached hydrogens (tertiary/aromatic N) is 2. The van der Waals surface area contributed by atoms with Gasteiger partial charge in [0.15, 0.2) is 11.5 Å². The van der Waals surface area contributed by atoms with E-state index >= 15 is 4.39 Å². The number of hydrogen-bond donors (Lipinski definition) is 3. The van der Waals surface area contributed by atoms with Crippen LogP contribution in [-0.2, 0) is 0 Å². The first-order valence-corrected chi connectivity index (χ1v) is 9.40. The summed E-state index contributed by atoms with van der Waals surface area (Å²) in [5.74, 6) is -6.32. The number of methoxy groups -OCH3 is 1. The maximum Gasteiger partial charge on any atom is 0.263 e. The van der Waals surface area contributed by atoms with Crippen LogP contribution in [0, 0.1) is 17.0 Å². The van der Waals surface area contributed by atoms with Crippen LogP contribution in [0.2, 0.25) is 0 Å². The zero-order valence-electron chi connectivity index (χ0n) is 17.8. The van der Waals surface area contributed by atoms with Crippen LogP contribution in [0.4, 0.5) is 8.78 Å². The Bertz CT molecular complexity index is 1230. The summed E-state index contributed by atoms with van der Waals surface area (Å²) in [6, 6.07) is 9.51. The van der Waals surface area contributed by atoms with Crippen LogP contribution >= 0.6 is 0 Å². The number of benzene rings is 2. The number of halogens is 2. The molecule has 0 aliphatic carbocycles. The SMILES string of the molecule is COc1nc(Oc2cccc(C(=O)N(C)C)c2)c(F)c(Oc2cc(C(=N)N)ccc2O)c1F. The highest BCUT2D eigenvalue weighted by atomic mass is 19.1. The van der Waals surface area contributed by atoms with Gasteiger partial charge in [-0.15, -0.1) is 0 Å². The summed E-state index contributed by atoms with van der Waals surface area (Å²) in [6.07, 6.45) is 0. The summed E-state index contributed by atoms with van der Waals surface area (Å²) in [5.41, 5.74) is 5.84. The molecule has 0 aliphatic heterocycles. The summed E-state index contributed by atoms with van der Waals surface area (Å²) in [4.78, 5) is 17.2. The van der Waals surface area contributed by atoms with Crippen molar-refractivity contribution in [1.29, 1.82) is 5.41 Å². The van der Waals surface area contributed by atoms with Crippen molar-refractivity contribution in [2.45, 2.75) is 0 Å². The summed E-state index contributed by atoms with van der Waals surface area (Å²) >= 11 is 0.